The van der Waals surface area contributed by atoms with Gasteiger partial charge in [-0.3, -0.25) is 4.79 Å². The molecule has 1 aromatic heterocycles. The molecule has 0 saturated heterocycles. The van der Waals surface area contributed by atoms with Gasteiger partial charge in [0, 0.05) is 4.88 Å². The number of amides is 1. The zero-order chi connectivity index (χ0) is 14.7. The number of aromatic nitrogens is 1. The number of benzene rings is 1. The number of nitrogens with zero attached hydrogens (tertiary/aromatic N) is 1. The highest BCUT2D eigenvalue weighted by atomic mass is 32.1. The fraction of sp³-hybridized carbons (Fsp3) is 0.286. The first-order valence-corrected chi connectivity index (χ1v) is 6.87. The Morgan fingerprint density at radius 1 is 1.45 bits per heavy atom. The fourth-order valence-corrected chi connectivity index (χ4v) is 2.53. The number of aryl methyl sites for hydroxylation is 2. The Labute approximate surface area is 120 Å². The van der Waals surface area contributed by atoms with Crippen LogP contribution in [0.3, 0.4) is 0 Å². The lowest BCUT2D eigenvalue weighted by atomic mass is 10.1. The van der Waals surface area contributed by atoms with Gasteiger partial charge in [0.1, 0.15) is 0 Å². The maximum atomic E-state index is 13.5. The molecule has 20 heavy (non-hydrogen) atoms. The highest BCUT2D eigenvalue weighted by Gasteiger charge is 2.10. The van der Waals surface area contributed by atoms with Crippen LogP contribution in [0.25, 0.3) is 0 Å². The maximum absolute atomic E-state index is 13.5. The third kappa shape index (κ3) is 3.33. The van der Waals surface area contributed by atoms with E-state index in [1.54, 1.807) is 6.07 Å². The summed E-state index contributed by atoms with van der Waals surface area (Å²) in [4.78, 5) is 17.2. The molecule has 0 aliphatic heterocycles. The van der Waals surface area contributed by atoms with Crippen LogP contribution >= 0.6 is 11.3 Å². The van der Waals surface area contributed by atoms with Crippen molar-refractivity contribution < 1.29 is 13.9 Å². The molecule has 106 valence electrons. The Kier molecular flexibility index (Phi) is 4.34. The lowest BCUT2D eigenvalue weighted by Gasteiger charge is -2.05. The summed E-state index contributed by atoms with van der Waals surface area (Å²) in [5.74, 6) is -0.526. The number of carbonyl (C=O) groups is 1. The van der Waals surface area contributed by atoms with E-state index in [0.29, 0.717) is 10.7 Å². The van der Waals surface area contributed by atoms with Crippen molar-refractivity contribution in [1.29, 1.82) is 0 Å². The van der Waals surface area contributed by atoms with Crippen LogP contribution in [-0.2, 0) is 11.2 Å². The van der Waals surface area contributed by atoms with Crippen molar-refractivity contribution in [3.63, 3.8) is 0 Å². The second-order valence-corrected chi connectivity index (χ2v) is 5.56. The molecule has 1 aromatic carbocycles. The zero-order valence-corrected chi connectivity index (χ0v) is 12.3. The molecule has 6 heteroatoms. The Hall–Kier alpha value is -1.95. The molecule has 2 rings (SSSR count). The average molecular weight is 294 g/mol. The predicted molar refractivity (Wildman–Crippen MR) is 76.9 cm³/mol. The third-order valence-electron chi connectivity index (χ3n) is 2.86. The topological polar surface area (TPSA) is 51.2 Å². The van der Waals surface area contributed by atoms with Crippen molar-refractivity contribution in [2.45, 2.75) is 20.3 Å². The Morgan fingerprint density at radius 3 is 2.75 bits per heavy atom. The van der Waals surface area contributed by atoms with Gasteiger partial charge in [0.2, 0.25) is 5.91 Å². The van der Waals surface area contributed by atoms with Crippen molar-refractivity contribution in [2.24, 2.45) is 0 Å². The van der Waals surface area contributed by atoms with Crippen LogP contribution in [0.15, 0.2) is 18.2 Å². The Morgan fingerprint density at radius 2 is 2.20 bits per heavy atom. The molecule has 1 amide bonds. The number of carbonyl (C=O) groups excluding carboxylic acids is 1. The molecule has 0 atom stereocenters. The molecule has 0 bridgehead atoms. The molecule has 4 nitrogen and oxygen atoms in total. The quantitative estimate of drug-likeness (QED) is 0.942. The van der Waals surface area contributed by atoms with E-state index in [4.69, 9.17) is 4.74 Å². The molecular weight excluding hydrogens is 279 g/mol. The molecule has 0 aliphatic rings. The highest BCUT2D eigenvalue weighted by molar-refractivity contribution is 7.15. The Balaban J connectivity index is 2.02. The van der Waals surface area contributed by atoms with Gasteiger partial charge < -0.3 is 10.1 Å². The second-order valence-electron chi connectivity index (χ2n) is 4.35. The lowest BCUT2D eigenvalue weighted by molar-refractivity contribution is -0.115. The summed E-state index contributed by atoms with van der Waals surface area (Å²) in [5.41, 5.74) is 1.49. The van der Waals surface area contributed by atoms with Gasteiger partial charge >= 0.3 is 0 Å². The Bertz CT molecular complexity index is 621. The molecule has 0 aliphatic carbocycles. The molecule has 0 spiro atoms. The van der Waals surface area contributed by atoms with Gasteiger partial charge in [0.15, 0.2) is 16.7 Å². The van der Waals surface area contributed by atoms with E-state index in [-0.39, 0.29) is 18.1 Å². The SMILES string of the molecule is COc1ccc(CC(=O)Nc2nc(C)c(C)s2)cc1F. The van der Waals surface area contributed by atoms with Crippen molar-refractivity contribution in [1.82, 2.24) is 4.98 Å². The molecule has 0 radical (unpaired) electrons. The molecule has 0 unspecified atom stereocenters. The highest BCUT2D eigenvalue weighted by Crippen LogP contribution is 2.22. The van der Waals surface area contributed by atoms with Crippen LogP contribution in [-0.4, -0.2) is 18.0 Å². The van der Waals surface area contributed by atoms with Crippen molar-refractivity contribution >= 4 is 22.4 Å². The predicted octanol–water partition coefficient (Wildman–Crippen LogP) is 3.09. The van der Waals surface area contributed by atoms with E-state index in [9.17, 15) is 9.18 Å². The molecule has 0 saturated carbocycles. The van der Waals surface area contributed by atoms with Crippen LogP contribution in [0.2, 0.25) is 0 Å². The monoisotopic (exact) mass is 294 g/mol. The van der Waals surface area contributed by atoms with Gasteiger partial charge in [-0.15, -0.1) is 11.3 Å². The minimum Gasteiger partial charge on any atom is -0.494 e. The van der Waals surface area contributed by atoms with Gasteiger partial charge in [0.25, 0.3) is 0 Å². The number of nitrogens with one attached hydrogen (secondary N) is 1. The summed E-state index contributed by atoms with van der Waals surface area (Å²) < 4.78 is 18.3. The summed E-state index contributed by atoms with van der Waals surface area (Å²) in [5, 5.41) is 3.28. The maximum Gasteiger partial charge on any atom is 0.230 e. The molecule has 1 N–H and O–H groups in total. The smallest absolute Gasteiger partial charge is 0.230 e. The number of hydrogen-bond donors (Lipinski definition) is 1. The molecule has 2 aromatic rings. The minimum atomic E-state index is -0.473. The standard InChI is InChI=1S/C14H15FN2O2S/c1-8-9(2)20-14(16-8)17-13(18)7-10-4-5-12(19-3)11(15)6-10/h4-6H,7H2,1-3H3,(H,16,17,18). The average Bonchev–Trinajstić information content (AvgIpc) is 2.68. The van der Waals surface area contributed by atoms with Crippen LogP contribution in [0.5, 0.6) is 5.75 Å². The van der Waals surface area contributed by atoms with Crippen molar-refractivity contribution in [2.75, 3.05) is 12.4 Å². The number of thiazole rings is 1. The minimum absolute atomic E-state index is 0.0958. The van der Waals surface area contributed by atoms with E-state index in [2.05, 4.69) is 10.3 Å². The van der Waals surface area contributed by atoms with Gasteiger partial charge in [0.05, 0.1) is 19.2 Å². The summed E-state index contributed by atoms with van der Waals surface area (Å²) >= 11 is 1.43. The van der Waals surface area contributed by atoms with Gasteiger partial charge in [-0.2, -0.15) is 0 Å². The van der Waals surface area contributed by atoms with Crippen LogP contribution in [0.1, 0.15) is 16.1 Å². The van der Waals surface area contributed by atoms with E-state index < -0.39 is 5.82 Å². The fourth-order valence-electron chi connectivity index (χ4n) is 1.69. The summed E-state index contributed by atoms with van der Waals surface area (Å²) in [6.45, 7) is 3.84. The van der Waals surface area contributed by atoms with Crippen molar-refractivity contribution in [3.05, 3.63) is 40.2 Å². The molecule has 0 fully saturated rings. The number of halogens is 1. The van der Waals surface area contributed by atoms with E-state index in [1.807, 2.05) is 13.8 Å². The van der Waals surface area contributed by atoms with Gasteiger partial charge in [-0.25, -0.2) is 9.37 Å². The number of hydrogen-bond acceptors (Lipinski definition) is 4. The number of methoxy groups -OCH3 is 1. The van der Waals surface area contributed by atoms with Crippen LogP contribution in [0.4, 0.5) is 9.52 Å². The van der Waals surface area contributed by atoms with Crippen LogP contribution < -0.4 is 10.1 Å². The molecular formula is C14H15FN2O2S. The largest absolute Gasteiger partial charge is 0.494 e. The van der Waals surface area contributed by atoms with E-state index in [1.165, 1.54) is 30.6 Å². The van der Waals surface area contributed by atoms with E-state index >= 15 is 0 Å². The van der Waals surface area contributed by atoms with E-state index in [0.717, 1.165) is 10.6 Å². The first-order valence-electron chi connectivity index (χ1n) is 6.06. The number of rotatable bonds is 4. The van der Waals surface area contributed by atoms with Crippen molar-refractivity contribution in [3.8, 4) is 5.75 Å². The first kappa shape index (κ1) is 14.5. The lowest BCUT2D eigenvalue weighted by Crippen LogP contribution is -2.14. The van der Waals surface area contributed by atoms with Crippen LogP contribution in [0, 0.1) is 19.7 Å². The molecule has 1 heterocycles. The first-order chi connectivity index (χ1) is 9.49. The summed E-state index contributed by atoms with van der Waals surface area (Å²) in [7, 11) is 1.40. The normalized spacial score (nSPS) is 10.4. The van der Waals surface area contributed by atoms with Gasteiger partial charge in [-0.05, 0) is 31.5 Å². The second kappa shape index (κ2) is 6.00. The van der Waals surface area contributed by atoms with Gasteiger partial charge in [-0.1, -0.05) is 6.07 Å². The number of ether oxygens (including phenoxy) is 1. The number of anilines is 1. The zero-order valence-electron chi connectivity index (χ0n) is 11.5. The summed E-state index contributed by atoms with van der Waals surface area (Å²) in [6, 6.07) is 4.48. The third-order valence-corrected chi connectivity index (χ3v) is 3.84. The summed E-state index contributed by atoms with van der Waals surface area (Å²) in [6.07, 6.45) is 0.0958.